The molecule has 0 bridgehead atoms. The van der Waals surface area contributed by atoms with Crippen molar-refractivity contribution in [2.45, 2.75) is 6.42 Å². The lowest BCUT2D eigenvalue weighted by Gasteiger charge is -2.10. The van der Waals surface area contributed by atoms with E-state index in [1.807, 2.05) is 30.5 Å². The maximum absolute atomic E-state index is 11.4. The number of allylic oxidation sites excluding steroid dienone is 5. The van der Waals surface area contributed by atoms with Crippen molar-refractivity contribution in [1.82, 2.24) is 5.32 Å². The van der Waals surface area contributed by atoms with Gasteiger partial charge in [0.1, 0.15) is 0 Å². The molecule has 2 rings (SSSR count). The van der Waals surface area contributed by atoms with Gasteiger partial charge in [0.25, 0.3) is 0 Å². The number of hydrogen-bond donors (Lipinski definition) is 1. The number of thioether (sulfide) groups is 1. The molecule has 2 aliphatic rings. The summed E-state index contributed by atoms with van der Waals surface area (Å²) in [5.41, 5.74) is 1.03. The van der Waals surface area contributed by atoms with E-state index in [4.69, 9.17) is 0 Å². The van der Waals surface area contributed by atoms with Gasteiger partial charge < -0.3 is 5.32 Å². The van der Waals surface area contributed by atoms with Gasteiger partial charge in [0.15, 0.2) is 5.12 Å². The van der Waals surface area contributed by atoms with Gasteiger partial charge in [0, 0.05) is 17.6 Å². The largest absolute Gasteiger partial charge is 1.00 e. The first-order valence-electron chi connectivity index (χ1n) is 4.34. The Morgan fingerprint density at radius 3 is 3.15 bits per heavy atom. The summed E-state index contributed by atoms with van der Waals surface area (Å²) >= 11 is 1.44. The van der Waals surface area contributed by atoms with Crippen LogP contribution < -0.4 is 5.32 Å². The maximum Gasteiger partial charge on any atom is 1.00 e. The number of carbonyl (C=O) groups is 1. The summed E-state index contributed by atoms with van der Waals surface area (Å²) in [7, 11) is 0. The normalized spacial score (nSPS) is 26.9. The molecule has 0 aromatic heterocycles. The van der Waals surface area contributed by atoms with Crippen LogP contribution in [0, 0.1) is 5.92 Å². The van der Waals surface area contributed by atoms with E-state index in [9.17, 15) is 4.79 Å². The van der Waals surface area contributed by atoms with Crippen LogP contribution in [0.1, 0.15) is 7.85 Å². The van der Waals surface area contributed by atoms with Crippen LogP contribution in [0.5, 0.6) is 0 Å². The molecule has 1 N–H and O–H groups in total. The first kappa shape index (κ1) is 8.63. The molecule has 1 unspecified atom stereocenters. The molecule has 0 aliphatic carbocycles. The zero-order chi connectivity index (χ0) is 9.10. The standard InChI is InChI=1S/C10H11NOS/c12-10-8(5-7-13-10)9-4-2-1-3-6-11-9/h1-4,6,8,11H,5,7H2/p+1. The SMILES string of the molecule is O=C1SCCC1C1=CC=CC=CN1.[H+]. The summed E-state index contributed by atoms with van der Waals surface area (Å²) in [6, 6.07) is 0. The molecule has 0 amide bonds. The maximum atomic E-state index is 11.4. The molecule has 2 aliphatic heterocycles. The molecule has 1 fully saturated rings. The third-order valence-electron chi connectivity index (χ3n) is 2.16. The Morgan fingerprint density at radius 1 is 1.46 bits per heavy atom. The van der Waals surface area contributed by atoms with E-state index in [0.717, 1.165) is 17.9 Å². The molecule has 1 atom stereocenters. The summed E-state index contributed by atoms with van der Waals surface area (Å²) in [6.07, 6.45) is 10.6. The monoisotopic (exact) mass is 194 g/mol. The van der Waals surface area contributed by atoms with E-state index < -0.39 is 0 Å². The lowest BCUT2D eigenvalue weighted by molar-refractivity contribution is -0.112. The van der Waals surface area contributed by atoms with Crippen LogP contribution >= 0.6 is 11.8 Å². The van der Waals surface area contributed by atoms with E-state index >= 15 is 0 Å². The Kier molecular flexibility index (Phi) is 2.54. The topological polar surface area (TPSA) is 29.1 Å². The first-order chi connectivity index (χ1) is 6.38. The van der Waals surface area contributed by atoms with Crippen LogP contribution in [0.3, 0.4) is 0 Å². The van der Waals surface area contributed by atoms with Crippen molar-refractivity contribution < 1.29 is 6.22 Å². The molecule has 3 heteroatoms. The predicted molar refractivity (Wildman–Crippen MR) is 56.2 cm³/mol. The van der Waals surface area contributed by atoms with Gasteiger partial charge in [-0.2, -0.15) is 0 Å². The van der Waals surface area contributed by atoms with Crippen molar-refractivity contribution in [3.05, 3.63) is 36.2 Å². The molecule has 13 heavy (non-hydrogen) atoms. The van der Waals surface area contributed by atoms with Crippen LogP contribution in [-0.2, 0) is 4.79 Å². The number of rotatable bonds is 1. The highest BCUT2D eigenvalue weighted by molar-refractivity contribution is 8.14. The zero-order valence-corrected chi connectivity index (χ0v) is 8.01. The molecule has 0 saturated carbocycles. The van der Waals surface area contributed by atoms with Crippen molar-refractivity contribution in [1.29, 1.82) is 0 Å². The van der Waals surface area contributed by atoms with Crippen molar-refractivity contribution in [3.8, 4) is 0 Å². The Morgan fingerprint density at radius 2 is 2.38 bits per heavy atom. The fourth-order valence-corrected chi connectivity index (χ4v) is 2.47. The van der Waals surface area contributed by atoms with Crippen molar-refractivity contribution >= 4 is 16.9 Å². The molecular formula is C10H12NOS+. The van der Waals surface area contributed by atoms with E-state index in [0.29, 0.717) is 5.12 Å². The van der Waals surface area contributed by atoms with Crippen molar-refractivity contribution in [2.75, 3.05) is 5.75 Å². The summed E-state index contributed by atoms with van der Waals surface area (Å²) in [5, 5.41) is 3.43. The quantitative estimate of drug-likeness (QED) is 0.691. The number of hydrogen-bond acceptors (Lipinski definition) is 3. The molecule has 0 radical (unpaired) electrons. The highest BCUT2D eigenvalue weighted by atomic mass is 32.2. The Hall–Kier alpha value is -0.960. The van der Waals surface area contributed by atoms with E-state index in [-0.39, 0.29) is 7.34 Å². The Bertz CT molecular complexity index is 309. The Balaban J connectivity index is 0.000000980. The predicted octanol–water partition coefficient (Wildman–Crippen LogP) is 1.94. The van der Waals surface area contributed by atoms with Gasteiger partial charge in [-0.05, 0) is 18.6 Å². The smallest absolute Gasteiger partial charge is 0.364 e. The summed E-state index contributed by atoms with van der Waals surface area (Å²) < 4.78 is 0. The molecule has 0 aromatic carbocycles. The fraction of sp³-hybridized carbons (Fsp3) is 0.300. The average Bonchev–Trinajstić information content (AvgIpc) is 2.43. The first-order valence-corrected chi connectivity index (χ1v) is 5.33. The van der Waals surface area contributed by atoms with Gasteiger partial charge in [-0.15, -0.1) is 0 Å². The third-order valence-corrected chi connectivity index (χ3v) is 3.16. The molecule has 2 nitrogen and oxygen atoms in total. The minimum absolute atomic E-state index is 0. The molecule has 1 saturated heterocycles. The third kappa shape index (κ3) is 1.86. The van der Waals surface area contributed by atoms with Gasteiger partial charge >= 0.3 is 1.43 Å². The lowest BCUT2D eigenvalue weighted by Crippen LogP contribution is -2.17. The Labute approximate surface area is 83.3 Å². The van der Waals surface area contributed by atoms with Crippen LogP contribution in [0.25, 0.3) is 0 Å². The highest BCUT2D eigenvalue weighted by Crippen LogP contribution is 2.30. The minimum atomic E-state index is 0. The molecule has 0 spiro atoms. The molecule has 2 heterocycles. The van der Waals surface area contributed by atoms with Crippen molar-refractivity contribution in [3.63, 3.8) is 0 Å². The van der Waals surface area contributed by atoms with Crippen molar-refractivity contribution in [2.24, 2.45) is 5.92 Å². The zero-order valence-electron chi connectivity index (χ0n) is 8.19. The lowest BCUT2D eigenvalue weighted by atomic mass is 10.0. The summed E-state index contributed by atoms with van der Waals surface area (Å²) in [5.74, 6) is 1.04. The summed E-state index contributed by atoms with van der Waals surface area (Å²) in [4.78, 5) is 11.4. The highest BCUT2D eigenvalue weighted by Gasteiger charge is 2.28. The minimum Gasteiger partial charge on any atom is -0.364 e. The van der Waals surface area contributed by atoms with E-state index in [1.165, 1.54) is 11.8 Å². The number of carbonyl (C=O) groups excluding carboxylic acids is 1. The molecular weight excluding hydrogens is 182 g/mol. The van der Waals surface area contributed by atoms with Crippen LogP contribution in [0.2, 0.25) is 0 Å². The van der Waals surface area contributed by atoms with Crippen LogP contribution in [0.4, 0.5) is 0 Å². The van der Waals surface area contributed by atoms with Gasteiger partial charge in [-0.3, -0.25) is 4.79 Å². The average molecular weight is 194 g/mol. The van der Waals surface area contributed by atoms with Crippen LogP contribution in [-0.4, -0.2) is 10.9 Å². The van der Waals surface area contributed by atoms with Gasteiger partial charge in [-0.1, -0.05) is 23.9 Å². The fourth-order valence-electron chi connectivity index (χ4n) is 1.47. The molecule has 0 aromatic rings. The molecule has 68 valence electrons. The van der Waals surface area contributed by atoms with Gasteiger partial charge in [0.2, 0.25) is 0 Å². The summed E-state index contributed by atoms with van der Waals surface area (Å²) in [6.45, 7) is 0. The van der Waals surface area contributed by atoms with Gasteiger partial charge in [0.05, 0.1) is 5.92 Å². The number of nitrogens with one attached hydrogen (secondary N) is 1. The van der Waals surface area contributed by atoms with E-state index in [1.54, 1.807) is 0 Å². The van der Waals surface area contributed by atoms with Gasteiger partial charge in [-0.25, -0.2) is 0 Å². The van der Waals surface area contributed by atoms with E-state index in [2.05, 4.69) is 5.32 Å². The second-order valence-corrected chi connectivity index (χ2v) is 4.12. The second-order valence-electron chi connectivity index (χ2n) is 3.02. The second kappa shape index (κ2) is 3.83. The van der Waals surface area contributed by atoms with Crippen LogP contribution in [0.15, 0.2) is 36.2 Å².